The molecule has 0 amide bonds. The molecular formula is C11H14N2OS2. The second-order valence-corrected chi connectivity index (χ2v) is 6.10. The van der Waals surface area contributed by atoms with Gasteiger partial charge in [-0.15, -0.1) is 11.3 Å². The third-order valence-corrected chi connectivity index (χ3v) is 4.69. The van der Waals surface area contributed by atoms with E-state index in [4.69, 9.17) is 10.8 Å². The predicted molar refractivity (Wildman–Crippen MR) is 71.0 cm³/mol. The van der Waals surface area contributed by atoms with Gasteiger partial charge in [0.05, 0.1) is 10.2 Å². The first-order valence-electron chi connectivity index (χ1n) is 5.09. The van der Waals surface area contributed by atoms with Gasteiger partial charge in [0.1, 0.15) is 0 Å². The largest absolute Gasteiger partial charge is 0.399 e. The van der Waals surface area contributed by atoms with Gasteiger partial charge < -0.3 is 10.8 Å². The minimum Gasteiger partial charge on any atom is -0.399 e. The Balaban J connectivity index is 2.13. The van der Waals surface area contributed by atoms with Gasteiger partial charge in [0.15, 0.2) is 4.34 Å². The van der Waals surface area contributed by atoms with E-state index >= 15 is 0 Å². The number of fused-ring (bicyclic) bond motifs is 1. The van der Waals surface area contributed by atoms with E-state index in [9.17, 15) is 0 Å². The molecule has 3 N–H and O–H groups in total. The van der Waals surface area contributed by atoms with Crippen molar-refractivity contribution in [2.24, 2.45) is 5.92 Å². The van der Waals surface area contributed by atoms with E-state index in [0.717, 1.165) is 26.0 Å². The normalized spacial score (nSPS) is 13.1. The molecule has 2 rings (SSSR count). The summed E-state index contributed by atoms with van der Waals surface area (Å²) in [6.45, 7) is 2.25. The molecule has 3 nitrogen and oxygen atoms in total. The fourth-order valence-electron chi connectivity index (χ4n) is 1.25. The lowest BCUT2D eigenvalue weighted by Crippen LogP contribution is -2.02. The van der Waals surface area contributed by atoms with Crippen molar-refractivity contribution in [2.45, 2.75) is 11.3 Å². The number of aliphatic hydroxyl groups is 1. The van der Waals surface area contributed by atoms with Crippen molar-refractivity contribution in [2.75, 3.05) is 18.1 Å². The number of aromatic nitrogens is 1. The molecule has 2 aromatic rings. The van der Waals surface area contributed by atoms with Crippen molar-refractivity contribution in [3.63, 3.8) is 0 Å². The quantitative estimate of drug-likeness (QED) is 0.650. The van der Waals surface area contributed by atoms with Gasteiger partial charge in [0.2, 0.25) is 0 Å². The molecular weight excluding hydrogens is 240 g/mol. The number of benzene rings is 1. The Labute approximate surface area is 103 Å². The second kappa shape index (κ2) is 5.03. The highest BCUT2D eigenvalue weighted by molar-refractivity contribution is 8.01. The summed E-state index contributed by atoms with van der Waals surface area (Å²) in [6.07, 6.45) is 0. The van der Waals surface area contributed by atoms with Crippen molar-refractivity contribution in [3.05, 3.63) is 18.2 Å². The first-order valence-corrected chi connectivity index (χ1v) is 6.89. The maximum atomic E-state index is 8.94. The molecule has 1 unspecified atom stereocenters. The minimum atomic E-state index is 0.227. The van der Waals surface area contributed by atoms with Crippen LogP contribution in [0.2, 0.25) is 0 Å². The lowest BCUT2D eigenvalue weighted by atomic mass is 10.2. The Morgan fingerprint density at radius 3 is 3.12 bits per heavy atom. The monoisotopic (exact) mass is 254 g/mol. The molecule has 1 atom stereocenters. The summed E-state index contributed by atoms with van der Waals surface area (Å²) < 4.78 is 2.17. The highest BCUT2D eigenvalue weighted by Crippen LogP contribution is 2.31. The molecule has 0 spiro atoms. The van der Waals surface area contributed by atoms with Gasteiger partial charge >= 0.3 is 0 Å². The molecule has 1 heterocycles. The minimum absolute atomic E-state index is 0.227. The summed E-state index contributed by atoms with van der Waals surface area (Å²) in [5, 5.41) is 8.94. The van der Waals surface area contributed by atoms with Crippen LogP contribution in [0.1, 0.15) is 6.92 Å². The topological polar surface area (TPSA) is 59.1 Å². The average Bonchev–Trinajstić information content (AvgIpc) is 2.67. The van der Waals surface area contributed by atoms with Gasteiger partial charge in [-0.3, -0.25) is 0 Å². The standard InChI is InChI=1S/C11H14N2OS2/c1-7(5-14)6-15-11-13-9-3-2-8(12)4-10(9)16-11/h2-4,7,14H,5-6,12H2,1H3. The lowest BCUT2D eigenvalue weighted by Gasteiger charge is -2.03. The third-order valence-electron chi connectivity index (χ3n) is 2.20. The fourth-order valence-corrected chi connectivity index (χ4v) is 3.40. The number of hydrogen-bond acceptors (Lipinski definition) is 5. The van der Waals surface area contributed by atoms with Crippen LogP contribution in [0, 0.1) is 5.92 Å². The van der Waals surface area contributed by atoms with Gasteiger partial charge in [-0.05, 0) is 24.1 Å². The highest BCUT2D eigenvalue weighted by atomic mass is 32.2. The molecule has 1 aromatic heterocycles. The van der Waals surface area contributed by atoms with E-state index in [1.807, 2.05) is 25.1 Å². The number of rotatable bonds is 4. The Kier molecular flexibility index (Phi) is 3.68. The molecule has 0 aliphatic rings. The van der Waals surface area contributed by atoms with E-state index in [-0.39, 0.29) is 6.61 Å². The number of aliphatic hydroxyl groups excluding tert-OH is 1. The first kappa shape index (κ1) is 11.7. The molecule has 0 saturated heterocycles. The maximum Gasteiger partial charge on any atom is 0.151 e. The fraction of sp³-hybridized carbons (Fsp3) is 0.364. The molecule has 1 aromatic carbocycles. The number of nitrogens with two attached hydrogens (primary N) is 1. The van der Waals surface area contributed by atoms with E-state index in [0.29, 0.717) is 5.92 Å². The molecule has 0 aliphatic carbocycles. The zero-order valence-corrected chi connectivity index (χ0v) is 10.6. The van der Waals surface area contributed by atoms with E-state index in [2.05, 4.69) is 4.98 Å². The first-order chi connectivity index (χ1) is 7.69. The van der Waals surface area contributed by atoms with Crippen LogP contribution in [-0.4, -0.2) is 22.5 Å². The zero-order chi connectivity index (χ0) is 11.5. The number of nitrogens with zero attached hydrogens (tertiary/aromatic N) is 1. The van der Waals surface area contributed by atoms with Gasteiger partial charge in [-0.1, -0.05) is 18.7 Å². The number of thioether (sulfide) groups is 1. The maximum absolute atomic E-state index is 8.94. The average molecular weight is 254 g/mol. The molecule has 0 fully saturated rings. The molecule has 0 radical (unpaired) electrons. The van der Waals surface area contributed by atoms with E-state index in [1.54, 1.807) is 23.1 Å². The van der Waals surface area contributed by atoms with Crippen molar-refractivity contribution in [1.82, 2.24) is 4.98 Å². The van der Waals surface area contributed by atoms with Crippen molar-refractivity contribution < 1.29 is 5.11 Å². The number of anilines is 1. The van der Waals surface area contributed by atoms with Crippen molar-refractivity contribution in [3.8, 4) is 0 Å². The van der Waals surface area contributed by atoms with E-state index < -0.39 is 0 Å². The SMILES string of the molecule is CC(CO)CSc1nc2ccc(N)cc2s1. The van der Waals surface area contributed by atoms with Crippen molar-refractivity contribution in [1.29, 1.82) is 0 Å². The van der Waals surface area contributed by atoms with Crippen LogP contribution in [0.25, 0.3) is 10.2 Å². The lowest BCUT2D eigenvalue weighted by molar-refractivity contribution is 0.250. The third kappa shape index (κ3) is 2.66. The molecule has 16 heavy (non-hydrogen) atoms. The number of nitrogen functional groups attached to an aromatic ring is 1. The Morgan fingerprint density at radius 2 is 2.38 bits per heavy atom. The summed E-state index contributed by atoms with van der Waals surface area (Å²) >= 11 is 3.35. The Morgan fingerprint density at radius 1 is 1.56 bits per heavy atom. The van der Waals surface area contributed by atoms with Crippen LogP contribution < -0.4 is 5.73 Å². The summed E-state index contributed by atoms with van der Waals surface area (Å²) in [5.74, 6) is 1.20. The predicted octanol–water partition coefficient (Wildman–Crippen LogP) is 2.60. The van der Waals surface area contributed by atoms with Crippen LogP contribution in [0.15, 0.2) is 22.5 Å². The molecule has 0 saturated carbocycles. The van der Waals surface area contributed by atoms with Gasteiger partial charge in [0, 0.05) is 18.0 Å². The van der Waals surface area contributed by atoms with Crippen LogP contribution >= 0.6 is 23.1 Å². The number of thiazole rings is 1. The summed E-state index contributed by atoms with van der Waals surface area (Å²) in [5.41, 5.74) is 7.49. The number of hydrogen-bond donors (Lipinski definition) is 2. The molecule has 86 valence electrons. The van der Waals surface area contributed by atoms with Crippen LogP contribution in [0.3, 0.4) is 0 Å². The van der Waals surface area contributed by atoms with E-state index in [1.165, 1.54) is 0 Å². The Hall–Kier alpha value is -0.780. The van der Waals surface area contributed by atoms with Crippen LogP contribution in [0.5, 0.6) is 0 Å². The second-order valence-electron chi connectivity index (χ2n) is 3.81. The van der Waals surface area contributed by atoms with Crippen LogP contribution in [-0.2, 0) is 0 Å². The van der Waals surface area contributed by atoms with Gasteiger partial charge in [0.25, 0.3) is 0 Å². The van der Waals surface area contributed by atoms with Gasteiger partial charge in [-0.25, -0.2) is 4.98 Å². The molecule has 0 bridgehead atoms. The summed E-state index contributed by atoms with van der Waals surface area (Å²) in [6, 6.07) is 5.76. The van der Waals surface area contributed by atoms with Gasteiger partial charge in [-0.2, -0.15) is 0 Å². The molecule has 0 aliphatic heterocycles. The zero-order valence-electron chi connectivity index (χ0n) is 9.01. The summed E-state index contributed by atoms with van der Waals surface area (Å²) in [7, 11) is 0. The highest BCUT2D eigenvalue weighted by Gasteiger charge is 2.07. The molecule has 5 heteroatoms. The summed E-state index contributed by atoms with van der Waals surface area (Å²) in [4.78, 5) is 4.50. The van der Waals surface area contributed by atoms with Crippen molar-refractivity contribution >= 4 is 39.0 Å². The Bertz CT molecular complexity index is 484. The smallest absolute Gasteiger partial charge is 0.151 e. The van der Waals surface area contributed by atoms with Crippen LogP contribution in [0.4, 0.5) is 5.69 Å².